The van der Waals surface area contributed by atoms with Gasteiger partial charge >= 0.3 is 0 Å². The number of fused-ring (bicyclic) bond motifs is 1. The van der Waals surface area contributed by atoms with Gasteiger partial charge in [0.25, 0.3) is 5.91 Å². The number of nitrogens with two attached hydrogens (primary N) is 2. The van der Waals surface area contributed by atoms with Gasteiger partial charge in [0, 0.05) is 11.5 Å². The first kappa shape index (κ1) is 17.6. The minimum Gasteiger partial charge on any atom is -0.493 e. The minimum absolute atomic E-state index is 0.0963. The molecule has 0 fully saturated rings. The highest BCUT2D eigenvalue weighted by Crippen LogP contribution is 2.25. The van der Waals surface area contributed by atoms with Crippen molar-refractivity contribution in [2.75, 3.05) is 18.1 Å². The Kier molecular flexibility index (Phi) is 4.97. The van der Waals surface area contributed by atoms with Crippen molar-refractivity contribution >= 4 is 28.5 Å². The third kappa shape index (κ3) is 4.05. The van der Waals surface area contributed by atoms with Gasteiger partial charge in [-0.1, -0.05) is 13.8 Å². The van der Waals surface area contributed by atoms with Gasteiger partial charge < -0.3 is 25.9 Å². The molecule has 0 saturated carbocycles. The monoisotopic (exact) mass is 354 g/mol. The fourth-order valence-corrected chi connectivity index (χ4v) is 2.45. The second kappa shape index (κ2) is 7.35. The first-order valence-electron chi connectivity index (χ1n) is 8.38. The Morgan fingerprint density at radius 3 is 2.77 bits per heavy atom. The highest BCUT2D eigenvalue weighted by atomic mass is 16.5. The molecular formula is C19H22N4O3. The molecule has 0 aliphatic carbocycles. The number of ether oxygens (including phenoxy) is 1. The van der Waals surface area contributed by atoms with Gasteiger partial charge in [0.15, 0.2) is 0 Å². The molecule has 5 N–H and O–H groups in total. The smallest absolute Gasteiger partial charge is 0.255 e. The van der Waals surface area contributed by atoms with E-state index in [2.05, 4.69) is 24.1 Å². The maximum Gasteiger partial charge on any atom is 0.255 e. The lowest BCUT2D eigenvalue weighted by molar-refractivity contribution is 0.0949. The molecule has 26 heavy (non-hydrogen) atoms. The lowest BCUT2D eigenvalue weighted by atomic mass is 10.2. The third-order valence-electron chi connectivity index (χ3n) is 3.74. The van der Waals surface area contributed by atoms with Gasteiger partial charge in [0.1, 0.15) is 28.7 Å². The Balaban J connectivity index is 1.68. The molecule has 0 aliphatic rings. The van der Waals surface area contributed by atoms with Crippen LogP contribution >= 0.6 is 0 Å². The maximum absolute atomic E-state index is 12.2. The SMILES string of the molecule is CC(C)COc1ccc2cc(CNC(=O)c3ccc(N)nc3N)oc2c1. The van der Waals surface area contributed by atoms with Crippen LogP contribution in [0.5, 0.6) is 5.75 Å². The number of nitrogens with one attached hydrogen (secondary N) is 1. The average molecular weight is 354 g/mol. The number of carbonyl (C=O) groups excluding carboxylic acids is 1. The fourth-order valence-electron chi connectivity index (χ4n) is 2.45. The molecule has 0 saturated heterocycles. The number of hydrogen-bond acceptors (Lipinski definition) is 6. The molecule has 136 valence electrons. The molecule has 2 heterocycles. The maximum atomic E-state index is 12.2. The third-order valence-corrected chi connectivity index (χ3v) is 3.74. The summed E-state index contributed by atoms with van der Waals surface area (Å²) < 4.78 is 11.5. The number of anilines is 2. The first-order chi connectivity index (χ1) is 12.4. The lowest BCUT2D eigenvalue weighted by Crippen LogP contribution is -2.24. The van der Waals surface area contributed by atoms with Crippen LogP contribution in [0.15, 0.2) is 40.8 Å². The molecular weight excluding hydrogens is 332 g/mol. The summed E-state index contributed by atoms with van der Waals surface area (Å²) in [4.78, 5) is 16.1. The van der Waals surface area contributed by atoms with Crippen molar-refractivity contribution in [1.29, 1.82) is 0 Å². The molecule has 3 aromatic rings. The van der Waals surface area contributed by atoms with E-state index in [1.807, 2.05) is 24.3 Å². The van der Waals surface area contributed by atoms with E-state index in [-0.39, 0.29) is 29.7 Å². The Hall–Kier alpha value is -3.22. The van der Waals surface area contributed by atoms with E-state index < -0.39 is 0 Å². The van der Waals surface area contributed by atoms with E-state index in [9.17, 15) is 4.79 Å². The molecule has 0 radical (unpaired) electrons. The number of nitrogens with zero attached hydrogens (tertiary/aromatic N) is 1. The Labute approximate surface area is 151 Å². The van der Waals surface area contributed by atoms with Crippen molar-refractivity contribution in [2.45, 2.75) is 20.4 Å². The zero-order chi connectivity index (χ0) is 18.7. The van der Waals surface area contributed by atoms with Gasteiger partial charge in [-0.3, -0.25) is 4.79 Å². The van der Waals surface area contributed by atoms with Crippen LogP contribution in [0, 0.1) is 5.92 Å². The summed E-state index contributed by atoms with van der Waals surface area (Å²) in [6.07, 6.45) is 0. The molecule has 3 rings (SSSR count). The van der Waals surface area contributed by atoms with Crippen LogP contribution in [0.25, 0.3) is 11.0 Å². The van der Waals surface area contributed by atoms with Gasteiger partial charge in [-0.25, -0.2) is 4.98 Å². The predicted octanol–water partition coefficient (Wildman–Crippen LogP) is 2.96. The molecule has 7 nitrogen and oxygen atoms in total. The summed E-state index contributed by atoms with van der Waals surface area (Å²) in [5, 5.41) is 3.71. The highest BCUT2D eigenvalue weighted by Gasteiger charge is 2.12. The number of hydrogen-bond donors (Lipinski definition) is 3. The van der Waals surface area contributed by atoms with Crippen LogP contribution in [-0.2, 0) is 6.54 Å². The molecule has 0 unspecified atom stereocenters. The Morgan fingerprint density at radius 2 is 2.04 bits per heavy atom. The van der Waals surface area contributed by atoms with Crippen LogP contribution in [-0.4, -0.2) is 17.5 Å². The topological polar surface area (TPSA) is 116 Å². The number of pyridine rings is 1. The zero-order valence-corrected chi connectivity index (χ0v) is 14.8. The standard InChI is InChI=1S/C19H22N4O3/c1-11(2)10-25-13-4-3-12-7-14(26-16(12)8-13)9-22-19(24)15-5-6-17(20)23-18(15)21/h3-8,11H,9-10H2,1-2H3,(H,22,24)(H4,20,21,23). The van der Waals surface area contributed by atoms with E-state index in [4.69, 9.17) is 20.6 Å². The number of amides is 1. The van der Waals surface area contributed by atoms with Gasteiger partial charge in [0.2, 0.25) is 0 Å². The number of nitrogen functional groups attached to an aromatic ring is 2. The average Bonchev–Trinajstić information content (AvgIpc) is 3.00. The van der Waals surface area contributed by atoms with Crippen LogP contribution in [0.3, 0.4) is 0 Å². The van der Waals surface area contributed by atoms with Crippen molar-refractivity contribution in [1.82, 2.24) is 10.3 Å². The zero-order valence-electron chi connectivity index (χ0n) is 14.8. The Morgan fingerprint density at radius 1 is 1.23 bits per heavy atom. The van der Waals surface area contributed by atoms with E-state index in [1.54, 1.807) is 6.07 Å². The molecule has 1 aromatic carbocycles. The summed E-state index contributed by atoms with van der Waals surface area (Å²) >= 11 is 0. The summed E-state index contributed by atoms with van der Waals surface area (Å²) in [7, 11) is 0. The summed E-state index contributed by atoms with van der Waals surface area (Å²) in [5.41, 5.74) is 12.3. The number of rotatable bonds is 6. The number of furan rings is 1. The van der Waals surface area contributed by atoms with Gasteiger partial charge in [-0.15, -0.1) is 0 Å². The van der Waals surface area contributed by atoms with Crippen molar-refractivity contribution in [2.24, 2.45) is 5.92 Å². The quantitative estimate of drug-likeness (QED) is 0.626. The van der Waals surface area contributed by atoms with Crippen LogP contribution in [0.1, 0.15) is 30.0 Å². The first-order valence-corrected chi connectivity index (χ1v) is 8.38. The molecule has 0 atom stereocenters. The number of carbonyl (C=O) groups is 1. The van der Waals surface area contributed by atoms with E-state index in [0.29, 0.717) is 23.9 Å². The highest BCUT2D eigenvalue weighted by molar-refractivity contribution is 5.98. The number of aromatic nitrogens is 1. The Bertz CT molecular complexity index is 934. The molecule has 2 aromatic heterocycles. The minimum atomic E-state index is -0.337. The van der Waals surface area contributed by atoms with Crippen molar-refractivity contribution < 1.29 is 13.9 Å². The van der Waals surface area contributed by atoms with Crippen molar-refractivity contribution in [3.05, 3.63) is 47.7 Å². The predicted molar refractivity (Wildman–Crippen MR) is 101 cm³/mol. The van der Waals surface area contributed by atoms with Crippen molar-refractivity contribution in [3.8, 4) is 5.75 Å². The summed E-state index contributed by atoms with van der Waals surface area (Å²) in [5.74, 6) is 1.87. The van der Waals surface area contributed by atoms with Crippen LogP contribution in [0.2, 0.25) is 0 Å². The van der Waals surface area contributed by atoms with Gasteiger partial charge in [0.05, 0.1) is 18.7 Å². The fraction of sp³-hybridized carbons (Fsp3) is 0.263. The van der Waals surface area contributed by atoms with Gasteiger partial charge in [-0.2, -0.15) is 0 Å². The van der Waals surface area contributed by atoms with Gasteiger partial charge in [-0.05, 0) is 36.2 Å². The normalized spacial score (nSPS) is 11.0. The largest absolute Gasteiger partial charge is 0.493 e. The summed E-state index contributed by atoms with van der Waals surface area (Å²) in [6.45, 7) is 5.07. The second-order valence-corrected chi connectivity index (χ2v) is 6.47. The van der Waals surface area contributed by atoms with Crippen LogP contribution in [0.4, 0.5) is 11.6 Å². The molecule has 1 amide bonds. The second-order valence-electron chi connectivity index (χ2n) is 6.47. The molecule has 0 aliphatic heterocycles. The number of benzene rings is 1. The lowest BCUT2D eigenvalue weighted by Gasteiger charge is -2.07. The van der Waals surface area contributed by atoms with E-state index in [1.165, 1.54) is 6.07 Å². The van der Waals surface area contributed by atoms with Crippen molar-refractivity contribution in [3.63, 3.8) is 0 Å². The molecule has 0 bridgehead atoms. The molecule has 7 heteroatoms. The van der Waals surface area contributed by atoms with E-state index >= 15 is 0 Å². The summed E-state index contributed by atoms with van der Waals surface area (Å²) in [6, 6.07) is 10.7. The van der Waals surface area contributed by atoms with Crippen LogP contribution < -0.4 is 21.5 Å². The van der Waals surface area contributed by atoms with E-state index in [0.717, 1.165) is 11.1 Å². The molecule has 0 spiro atoms.